The maximum atomic E-state index is 12.6. The van der Waals surface area contributed by atoms with Gasteiger partial charge in [-0.15, -0.1) is 0 Å². The van der Waals surface area contributed by atoms with Crippen molar-refractivity contribution in [2.45, 2.75) is 77.2 Å². The highest BCUT2D eigenvalue weighted by atomic mass is 16.5. The Kier molecular flexibility index (Phi) is 16.2. The van der Waals surface area contributed by atoms with Gasteiger partial charge in [0.2, 0.25) is 17.5 Å². The predicted octanol–water partition coefficient (Wildman–Crippen LogP) is 7.08. The molecule has 0 bridgehead atoms. The van der Waals surface area contributed by atoms with Crippen LogP contribution in [-0.4, -0.2) is 90.9 Å². The number of amides is 2. The van der Waals surface area contributed by atoms with Gasteiger partial charge in [0.05, 0.1) is 32.0 Å². The number of hydrogen-bond donors (Lipinski definition) is 4. The zero-order valence-electron chi connectivity index (χ0n) is 35.0. The summed E-state index contributed by atoms with van der Waals surface area (Å²) in [7, 11) is 0. The molecular formula is C48H61N4O7+. The molecule has 0 saturated heterocycles. The average molecular weight is 806 g/mol. The second-order valence-electron chi connectivity index (χ2n) is 15.9. The van der Waals surface area contributed by atoms with Gasteiger partial charge in [-0.3, -0.25) is 14.4 Å². The quantitative estimate of drug-likeness (QED) is 0.0453. The highest BCUT2D eigenvalue weighted by molar-refractivity contribution is 6.08. The van der Waals surface area contributed by atoms with E-state index < -0.39 is 5.97 Å². The fourth-order valence-electron chi connectivity index (χ4n) is 7.86. The van der Waals surface area contributed by atoms with Crippen LogP contribution in [0.3, 0.4) is 0 Å². The predicted molar refractivity (Wildman–Crippen MR) is 233 cm³/mol. The van der Waals surface area contributed by atoms with Crippen molar-refractivity contribution in [2.75, 3.05) is 57.5 Å². The number of nitrogens with one attached hydrogen (secondary N) is 2. The molecule has 11 heteroatoms. The summed E-state index contributed by atoms with van der Waals surface area (Å²) >= 11 is 0. The fraction of sp³-hybridized carbons (Fsp3) is 0.417. The zero-order chi connectivity index (χ0) is 42.3. The Morgan fingerprint density at radius 1 is 0.763 bits per heavy atom. The first kappa shape index (κ1) is 44.6. The number of benzene rings is 3. The first-order valence-corrected chi connectivity index (χ1v) is 20.8. The molecular weight excluding hydrogens is 745 g/mol. The number of fused-ring (bicyclic) bond motifs is 2. The van der Waals surface area contributed by atoms with Gasteiger partial charge in [-0.05, 0) is 66.8 Å². The van der Waals surface area contributed by atoms with E-state index in [9.17, 15) is 24.6 Å². The van der Waals surface area contributed by atoms with Crippen LogP contribution in [0.25, 0.3) is 6.08 Å². The van der Waals surface area contributed by atoms with Crippen molar-refractivity contribution in [1.29, 1.82) is 0 Å². The number of aliphatic carboxylic acids is 1. The third-order valence-corrected chi connectivity index (χ3v) is 11.0. The fourth-order valence-corrected chi connectivity index (χ4v) is 7.86. The minimum absolute atomic E-state index is 0.00483. The number of anilines is 1. The van der Waals surface area contributed by atoms with Gasteiger partial charge >= 0.3 is 5.97 Å². The van der Waals surface area contributed by atoms with Gasteiger partial charge in [-0.25, -0.2) is 4.58 Å². The summed E-state index contributed by atoms with van der Waals surface area (Å²) in [6, 6.07) is 23.7. The molecule has 11 nitrogen and oxygen atoms in total. The minimum atomic E-state index is -0.755. The van der Waals surface area contributed by atoms with E-state index >= 15 is 0 Å². The van der Waals surface area contributed by atoms with E-state index in [4.69, 9.17) is 9.47 Å². The van der Waals surface area contributed by atoms with Crippen LogP contribution in [0.15, 0.2) is 103 Å². The van der Waals surface area contributed by atoms with E-state index in [-0.39, 0.29) is 34.9 Å². The molecule has 0 fully saturated rings. The lowest BCUT2D eigenvalue weighted by Crippen LogP contribution is -2.32. The number of unbranched alkanes of at least 4 members (excludes halogenated alkanes) is 2. The Balaban J connectivity index is 1.05. The molecule has 59 heavy (non-hydrogen) atoms. The lowest BCUT2D eigenvalue weighted by molar-refractivity contribution is -0.604. The van der Waals surface area contributed by atoms with Crippen LogP contribution in [0.4, 0.5) is 5.69 Å². The molecule has 0 atom stereocenters. The summed E-state index contributed by atoms with van der Waals surface area (Å²) < 4.78 is 13.5. The Bertz CT molecular complexity index is 2030. The third kappa shape index (κ3) is 12.3. The topological polar surface area (TPSA) is 140 Å². The van der Waals surface area contributed by atoms with E-state index in [1.54, 1.807) is 30.3 Å². The molecule has 4 N–H and O–H groups in total. The number of carbonyl (C=O) groups excluding carboxylic acids is 2. The van der Waals surface area contributed by atoms with Crippen molar-refractivity contribution in [3.05, 3.63) is 125 Å². The van der Waals surface area contributed by atoms with Crippen LogP contribution < -0.4 is 15.5 Å². The van der Waals surface area contributed by atoms with Crippen LogP contribution in [0.1, 0.15) is 88.5 Å². The van der Waals surface area contributed by atoms with Crippen LogP contribution in [0.2, 0.25) is 0 Å². The number of carboxylic acids is 1. The molecule has 3 aromatic carbocycles. The van der Waals surface area contributed by atoms with Crippen molar-refractivity contribution in [3.8, 4) is 5.75 Å². The second kappa shape index (κ2) is 21.5. The number of hydrogen-bond acceptors (Lipinski definition) is 7. The molecule has 2 aliphatic heterocycles. The molecule has 3 aromatic rings. The lowest BCUT2D eigenvalue weighted by atomic mass is 9.83. The molecule has 0 aliphatic carbocycles. The number of rotatable bonds is 23. The van der Waals surface area contributed by atoms with Crippen LogP contribution >= 0.6 is 0 Å². The van der Waals surface area contributed by atoms with E-state index in [1.807, 2.05) is 0 Å². The highest BCUT2D eigenvalue weighted by Gasteiger charge is 2.44. The van der Waals surface area contributed by atoms with Crippen molar-refractivity contribution in [1.82, 2.24) is 10.6 Å². The van der Waals surface area contributed by atoms with Gasteiger partial charge in [-0.2, -0.15) is 0 Å². The maximum absolute atomic E-state index is 12.6. The molecule has 2 aliphatic rings. The smallest absolute Gasteiger partial charge is 0.303 e. The molecule has 0 aromatic heterocycles. The van der Waals surface area contributed by atoms with Gasteiger partial charge in [-0.1, -0.05) is 68.5 Å². The van der Waals surface area contributed by atoms with Gasteiger partial charge in [0.25, 0.3) is 0 Å². The molecule has 0 saturated carbocycles. The summed E-state index contributed by atoms with van der Waals surface area (Å²) in [5.74, 6) is -0.800. The number of ether oxygens (including phenoxy) is 2. The molecule has 5 rings (SSSR count). The molecule has 314 valence electrons. The summed E-state index contributed by atoms with van der Waals surface area (Å²) in [5, 5.41) is 24.2. The van der Waals surface area contributed by atoms with Crippen molar-refractivity contribution in [3.63, 3.8) is 0 Å². The summed E-state index contributed by atoms with van der Waals surface area (Å²) in [6.45, 7) is 12.9. The average Bonchev–Trinajstić information content (AvgIpc) is 3.56. The van der Waals surface area contributed by atoms with E-state index in [2.05, 4.69) is 115 Å². The SMILES string of the molecule is CC1(C)/C(=C\C=C\C2=[N+](CCCCC(=O)O)C(C)(C)c3ccccc32)N(CCCCC(=O)NCCOCCOCCNC(=O)/C=C/c2ccc(O)cc2)c2ccccc21. The highest BCUT2D eigenvalue weighted by Crippen LogP contribution is 2.47. The van der Waals surface area contributed by atoms with Crippen LogP contribution in [0, 0.1) is 0 Å². The van der Waals surface area contributed by atoms with E-state index in [1.165, 1.54) is 34.2 Å². The van der Waals surface area contributed by atoms with Crippen molar-refractivity contribution < 1.29 is 38.6 Å². The van der Waals surface area contributed by atoms with Crippen molar-refractivity contribution >= 4 is 35.3 Å². The van der Waals surface area contributed by atoms with Crippen molar-refractivity contribution in [2.24, 2.45) is 0 Å². The summed E-state index contributed by atoms with van der Waals surface area (Å²) in [6.07, 6.45) is 13.4. The second-order valence-corrected chi connectivity index (χ2v) is 15.9. The first-order chi connectivity index (χ1) is 28.4. The number of carboxylic acid groups (broad SMARTS) is 1. The molecule has 0 spiro atoms. The van der Waals surface area contributed by atoms with Gasteiger partial charge in [0, 0.05) is 87.3 Å². The summed E-state index contributed by atoms with van der Waals surface area (Å²) in [5.41, 5.74) is 7.73. The number of para-hydroxylation sites is 1. The zero-order valence-corrected chi connectivity index (χ0v) is 35.0. The normalized spacial score (nSPS) is 15.9. The molecule has 2 heterocycles. The third-order valence-electron chi connectivity index (χ3n) is 11.0. The Labute approximate surface area is 349 Å². The largest absolute Gasteiger partial charge is 0.508 e. The summed E-state index contributed by atoms with van der Waals surface area (Å²) in [4.78, 5) is 38.2. The lowest BCUT2D eigenvalue weighted by Gasteiger charge is -2.27. The Morgan fingerprint density at radius 3 is 2.15 bits per heavy atom. The number of nitrogens with zero attached hydrogens (tertiary/aromatic N) is 2. The maximum Gasteiger partial charge on any atom is 0.303 e. The first-order valence-electron chi connectivity index (χ1n) is 20.8. The van der Waals surface area contributed by atoms with Gasteiger partial charge in [0.1, 0.15) is 12.3 Å². The molecule has 0 unspecified atom stereocenters. The Morgan fingerprint density at radius 2 is 1.42 bits per heavy atom. The van der Waals surface area contributed by atoms with E-state index in [0.717, 1.165) is 43.6 Å². The monoisotopic (exact) mass is 805 g/mol. The number of carbonyl (C=O) groups is 3. The van der Waals surface area contributed by atoms with Gasteiger partial charge < -0.3 is 35.2 Å². The number of allylic oxidation sites excluding steroid dienone is 4. The Hall–Kier alpha value is -5.52. The van der Waals surface area contributed by atoms with Gasteiger partial charge in [0.15, 0.2) is 5.54 Å². The molecule has 2 amide bonds. The number of phenolic OH excluding ortho intramolecular Hbond substituents is 1. The number of phenols is 1. The van der Waals surface area contributed by atoms with Crippen LogP contribution in [0.5, 0.6) is 5.75 Å². The minimum Gasteiger partial charge on any atom is -0.508 e. The number of aromatic hydroxyl groups is 1. The van der Waals surface area contributed by atoms with Crippen LogP contribution in [-0.2, 0) is 34.8 Å². The molecule has 0 radical (unpaired) electrons. The standard InChI is InChI=1S/C48H60N4O7/c1-47(2)40-16-7-8-17-42(40)51(43(47)19-13-18-41-38-14-5-6-15-39(38)48(3,4)52(41)31-12-10-21-46(56)57)30-11-9-20-44(54)49-28-32-58-34-35-59-33-29-50-45(55)27-24-36-22-25-37(53)26-23-36/h5-8,13-19,22-27H,9-12,20-21,28-35H2,1-4H3,(H3-,49,50,53,54,55,56,57)/p+1. The van der Waals surface area contributed by atoms with E-state index in [0.29, 0.717) is 52.4 Å².